The van der Waals surface area contributed by atoms with E-state index in [4.69, 9.17) is 0 Å². The topological polar surface area (TPSA) is 110 Å². The van der Waals surface area contributed by atoms with Crippen molar-refractivity contribution >= 4 is 27.3 Å². The van der Waals surface area contributed by atoms with Crippen LogP contribution in [0.3, 0.4) is 0 Å². The highest BCUT2D eigenvalue weighted by Crippen LogP contribution is 2.27. The van der Waals surface area contributed by atoms with Crippen LogP contribution in [-0.4, -0.2) is 30.1 Å². The van der Waals surface area contributed by atoms with Crippen LogP contribution in [0.25, 0.3) is 0 Å². The fraction of sp³-hybridized carbons (Fsp3) is 0.136. The number of amides is 1. The van der Waals surface area contributed by atoms with Crippen LogP contribution in [0.1, 0.15) is 21.5 Å². The molecule has 8 nitrogen and oxygen atoms in total. The quantitative estimate of drug-likeness (QED) is 0.485. The first-order valence-electron chi connectivity index (χ1n) is 9.57. The fourth-order valence-corrected chi connectivity index (χ4v) is 4.96. The number of non-ortho nitro benzene ring substituents is 1. The predicted octanol–water partition coefficient (Wildman–Crippen LogP) is 3.59. The minimum Gasteiger partial charge on any atom is -0.322 e. The molecule has 0 fully saturated rings. The van der Waals surface area contributed by atoms with Crippen molar-refractivity contribution in [2.24, 2.45) is 0 Å². The monoisotopic (exact) mass is 437 g/mol. The number of benzene rings is 3. The molecule has 4 rings (SSSR count). The first kappa shape index (κ1) is 20.7. The Morgan fingerprint density at radius 3 is 2.48 bits per heavy atom. The van der Waals surface area contributed by atoms with E-state index in [1.807, 2.05) is 6.07 Å². The van der Waals surface area contributed by atoms with Crippen molar-refractivity contribution in [3.63, 3.8) is 0 Å². The van der Waals surface area contributed by atoms with Crippen LogP contribution in [-0.2, 0) is 23.0 Å². The number of nitro benzene ring substituents is 1. The molecule has 1 amide bonds. The highest BCUT2D eigenvalue weighted by Gasteiger charge is 2.28. The summed E-state index contributed by atoms with van der Waals surface area (Å²) >= 11 is 0. The lowest BCUT2D eigenvalue weighted by atomic mass is 10.0. The van der Waals surface area contributed by atoms with E-state index in [2.05, 4.69) is 5.32 Å². The molecule has 0 saturated heterocycles. The Kier molecular flexibility index (Phi) is 5.53. The molecule has 0 unspecified atom stereocenters. The number of nitro groups is 1. The summed E-state index contributed by atoms with van der Waals surface area (Å²) in [5.41, 5.74) is 2.32. The second-order valence-electron chi connectivity index (χ2n) is 7.15. The minimum absolute atomic E-state index is 0.167. The summed E-state index contributed by atoms with van der Waals surface area (Å²) in [4.78, 5) is 23.1. The molecular weight excluding hydrogens is 418 g/mol. The summed E-state index contributed by atoms with van der Waals surface area (Å²) in [7, 11) is -3.61. The normalized spacial score (nSPS) is 13.9. The number of nitrogens with zero attached hydrogens (tertiary/aromatic N) is 2. The zero-order valence-corrected chi connectivity index (χ0v) is 17.2. The van der Waals surface area contributed by atoms with Gasteiger partial charge in [0.1, 0.15) is 0 Å². The number of hydrogen-bond donors (Lipinski definition) is 1. The van der Waals surface area contributed by atoms with Crippen LogP contribution >= 0.6 is 0 Å². The van der Waals surface area contributed by atoms with Crippen LogP contribution in [0.4, 0.5) is 11.4 Å². The summed E-state index contributed by atoms with van der Waals surface area (Å²) in [6.45, 7) is 0.580. The van der Waals surface area contributed by atoms with Crippen molar-refractivity contribution in [2.75, 3.05) is 11.9 Å². The van der Waals surface area contributed by atoms with E-state index in [1.165, 1.54) is 28.6 Å². The molecule has 3 aromatic rings. The summed E-state index contributed by atoms with van der Waals surface area (Å²) in [6.07, 6.45) is 0.570. The maximum atomic E-state index is 12.9. The van der Waals surface area contributed by atoms with Crippen molar-refractivity contribution in [3.05, 3.63) is 99.6 Å². The highest BCUT2D eigenvalue weighted by molar-refractivity contribution is 7.89. The molecule has 0 bridgehead atoms. The Morgan fingerprint density at radius 1 is 0.968 bits per heavy atom. The van der Waals surface area contributed by atoms with Crippen molar-refractivity contribution in [2.45, 2.75) is 17.9 Å². The number of carbonyl (C=O) groups is 1. The van der Waals surface area contributed by atoms with Crippen LogP contribution in [0, 0.1) is 10.1 Å². The molecule has 0 aliphatic carbocycles. The van der Waals surface area contributed by atoms with E-state index >= 15 is 0 Å². The van der Waals surface area contributed by atoms with Crippen molar-refractivity contribution in [1.29, 1.82) is 0 Å². The lowest BCUT2D eigenvalue weighted by molar-refractivity contribution is -0.384. The number of fused-ring (bicyclic) bond motifs is 1. The van der Waals surface area contributed by atoms with Crippen LogP contribution in [0.2, 0.25) is 0 Å². The molecule has 3 aromatic carbocycles. The lowest BCUT2D eigenvalue weighted by Gasteiger charge is -2.28. The summed E-state index contributed by atoms with van der Waals surface area (Å²) in [5, 5.41) is 13.7. The van der Waals surface area contributed by atoms with Gasteiger partial charge in [-0.1, -0.05) is 30.3 Å². The molecule has 1 aliphatic rings. The number of nitrogens with one attached hydrogen (secondary N) is 1. The smallest absolute Gasteiger partial charge is 0.270 e. The first-order chi connectivity index (χ1) is 14.8. The predicted molar refractivity (Wildman–Crippen MR) is 115 cm³/mol. The molecule has 1 aliphatic heterocycles. The Bertz CT molecular complexity index is 1260. The molecule has 158 valence electrons. The number of anilines is 1. The van der Waals surface area contributed by atoms with Crippen molar-refractivity contribution < 1.29 is 18.1 Å². The Morgan fingerprint density at radius 2 is 1.74 bits per heavy atom. The fourth-order valence-electron chi connectivity index (χ4n) is 3.52. The van der Waals surface area contributed by atoms with E-state index in [0.717, 1.165) is 11.1 Å². The number of carbonyl (C=O) groups excluding carboxylic acids is 1. The summed E-state index contributed by atoms with van der Waals surface area (Å²) < 4.78 is 27.3. The van der Waals surface area contributed by atoms with E-state index in [9.17, 15) is 23.3 Å². The van der Waals surface area contributed by atoms with Gasteiger partial charge < -0.3 is 5.32 Å². The second kappa shape index (κ2) is 8.29. The summed E-state index contributed by atoms with van der Waals surface area (Å²) in [5.74, 6) is -0.478. The van der Waals surface area contributed by atoms with E-state index < -0.39 is 20.9 Å². The van der Waals surface area contributed by atoms with Gasteiger partial charge in [0.25, 0.3) is 11.6 Å². The number of hydrogen-bond acceptors (Lipinski definition) is 5. The van der Waals surface area contributed by atoms with E-state index in [1.54, 1.807) is 42.5 Å². The van der Waals surface area contributed by atoms with E-state index in [-0.39, 0.29) is 22.7 Å². The SMILES string of the molecule is O=C(Nc1ccc2c(c1)CN(S(=O)(=O)c1ccccc1)CC2)c1cccc([N+](=O)[O-])c1. The van der Waals surface area contributed by atoms with Gasteiger partial charge in [-0.2, -0.15) is 4.31 Å². The third kappa shape index (κ3) is 4.32. The molecule has 0 aromatic heterocycles. The van der Waals surface area contributed by atoms with Gasteiger partial charge in [0.15, 0.2) is 0 Å². The highest BCUT2D eigenvalue weighted by atomic mass is 32.2. The molecular formula is C22H19N3O5S. The Labute approximate surface area is 179 Å². The molecule has 9 heteroatoms. The minimum atomic E-state index is -3.61. The van der Waals surface area contributed by atoms with Crippen LogP contribution in [0.15, 0.2) is 77.7 Å². The molecule has 31 heavy (non-hydrogen) atoms. The third-order valence-electron chi connectivity index (χ3n) is 5.14. The molecule has 0 atom stereocenters. The standard InChI is InChI=1S/C22H19N3O5S/c26-22(17-5-4-6-20(14-17)25(27)28)23-19-10-9-16-11-12-24(15-18(16)13-19)31(29,30)21-7-2-1-3-8-21/h1-10,13-14H,11-12,15H2,(H,23,26). The van der Waals surface area contributed by atoms with Gasteiger partial charge in [-0.15, -0.1) is 0 Å². The third-order valence-corrected chi connectivity index (χ3v) is 7.00. The average molecular weight is 437 g/mol. The number of rotatable bonds is 5. The molecule has 1 heterocycles. The van der Waals surface area contributed by atoms with E-state index in [0.29, 0.717) is 18.7 Å². The summed E-state index contributed by atoms with van der Waals surface area (Å²) in [6, 6.07) is 19.1. The second-order valence-corrected chi connectivity index (χ2v) is 9.08. The number of sulfonamides is 1. The van der Waals surface area contributed by atoms with Gasteiger partial charge >= 0.3 is 0 Å². The van der Waals surface area contributed by atoms with Crippen molar-refractivity contribution in [1.82, 2.24) is 4.31 Å². The maximum absolute atomic E-state index is 12.9. The van der Waals surface area contributed by atoms with Crippen LogP contribution < -0.4 is 5.32 Å². The first-order valence-corrected chi connectivity index (χ1v) is 11.0. The van der Waals surface area contributed by atoms with Gasteiger partial charge in [0.2, 0.25) is 10.0 Å². The van der Waals surface area contributed by atoms with Gasteiger partial charge in [-0.05, 0) is 47.9 Å². The van der Waals surface area contributed by atoms with Gasteiger partial charge in [0.05, 0.1) is 9.82 Å². The van der Waals surface area contributed by atoms with Crippen molar-refractivity contribution in [3.8, 4) is 0 Å². The zero-order valence-electron chi connectivity index (χ0n) is 16.4. The Hall–Kier alpha value is -3.56. The molecule has 0 radical (unpaired) electrons. The lowest BCUT2D eigenvalue weighted by Crippen LogP contribution is -2.36. The molecule has 0 spiro atoms. The van der Waals surface area contributed by atoms with Gasteiger partial charge in [-0.3, -0.25) is 14.9 Å². The van der Waals surface area contributed by atoms with Gasteiger partial charge in [-0.25, -0.2) is 8.42 Å². The molecule has 1 N–H and O–H groups in total. The van der Waals surface area contributed by atoms with Gasteiger partial charge in [0, 0.05) is 36.5 Å². The molecule has 0 saturated carbocycles. The zero-order chi connectivity index (χ0) is 22.0. The maximum Gasteiger partial charge on any atom is 0.270 e. The average Bonchev–Trinajstić information content (AvgIpc) is 2.79. The largest absolute Gasteiger partial charge is 0.322 e. The van der Waals surface area contributed by atoms with Crippen LogP contribution in [0.5, 0.6) is 0 Å². The Balaban J connectivity index is 1.54.